The summed E-state index contributed by atoms with van der Waals surface area (Å²) < 4.78 is 6.61. The van der Waals surface area contributed by atoms with Gasteiger partial charge in [-0.1, -0.05) is 84.9 Å². The molecule has 154 valence electrons. The number of nitrogens with one attached hydrogen (secondary N) is 1. The largest absolute Gasteiger partial charge is 0.457 e. The van der Waals surface area contributed by atoms with Crippen LogP contribution in [0.1, 0.15) is 22.3 Å². The molecule has 33 heavy (non-hydrogen) atoms. The SMILES string of the molecule is c1ccc2c(c1)Oc1cc3c(cc1C21c2ccccc2-c2ccccc21)[nH]c1ccccc13. The van der Waals surface area contributed by atoms with Gasteiger partial charge < -0.3 is 9.72 Å². The lowest BCUT2D eigenvalue weighted by molar-refractivity contribution is 0.437. The second kappa shape index (κ2) is 5.93. The maximum Gasteiger partial charge on any atom is 0.133 e. The lowest BCUT2D eigenvalue weighted by atomic mass is 9.66. The van der Waals surface area contributed by atoms with E-state index in [0.29, 0.717) is 0 Å². The zero-order chi connectivity index (χ0) is 21.6. The van der Waals surface area contributed by atoms with Gasteiger partial charge in [-0.15, -0.1) is 0 Å². The van der Waals surface area contributed by atoms with Crippen LogP contribution in [0.3, 0.4) is 0 Å². The predicted octanol–water partition coefficient (Wildman–Crippen LogP) is 7.79. The molecule has 0 saturated heterocycles. The van der Waals surface area contributed by atoms with E-state index in [1.54, 1.807) is 0 Å². The van der Waals surface area contributed by atoms with E-state index in [1.165, 1.54) is 44.2 Å². The van der Waals surface area contributed by atoms with Gasteiger partial charge in [0.1, 0.15) is 11.5 Å². The van der Waals surface area contributed by atoms with Crippen LogP contribution in [0.2, 0.25) is 0 Å². The van der Waals surface area contributed by atoms with E-state index in [1.807, 2.05) is 0 Å². The average Bonchev–Trinajstić information content (AvgIpc) is 3.37. The minimum absolute atomic E-state index is 0.414. The number of para-hydroxylation sites is 2. The molecule has 1 N–H and O–H groups in total. The lowest BCUT2D eigenvalue weighted by Crippen LogP contribution is -2.32. The van der Waals surface area contributed by atoms with Gasteiger partial charge in [0.2, 0.25) is 0 Å². The molecule has 6 aromatic rings. The summed E-state index contributed by atoms with van der Waals surface area (Å²) in [5.41, 5.74) is 9.50. The molecule has 1 aliphatic carbocycles. The molecule has 0 fully saturated rings. The second-order valence-corrected chi connectivity index (χ2v) is 9.00. The first-order valence-corrected chi connectivity index (χ1v) is 11.4. The highest BCUT2D eigenvalue weighted by atomic mass is 16.5. The maximum absolute atomic E-state index is 6.61. The Balaban J connectivity index is 1.59. The van der Waals surface area contributed by atoms with Gasteiger partial charge in [-0.05, 0) is 46.5 Å². The van der Waals surface area contributed by atoms with E-state index < -0.39 is 5.41 Å². The molecule has 0 bridgehead atoms. The standard InChI is InChI=1S/C31H19NO/c1-4-12-23-19(9-1)20-10-2-5-13-24(20)31(23)25-14-6-8-16-29(25)33-30-17-22-21-11-3-7-15-27(21)32-28(22)18-26(30)31/h1-18,32H. The Morgan fingerprint density at radius 2 is 1.12 bits per heavy atom. The zero-order valence-electron chi connectivity index (χ0n) is 17.8. The van der Waals surface area contributed by atoms with Crippen LogP contribution < -0.4 is 4.74 Å². The van der Waals surface area contributed by atoms with E-state index in [4.69, 9.17) is 4.74 Å². The molecule has 1 spiro atoms. The van der Waals surface area contributed by atoms with Crippen molar-refractivity contribution in [3.8, 4) is 22.6 Å². The van der Waals surface area contributed by atoms with Gasteiger partial charge in [-0.2, -0.15) is 0 Å². The molecule has 2 heterocycles. The van der Waals surface area contributed by atoms with Crippen LogP contribution in [0, 0.1) is 0 Å². The van der Waals surface area contributed by atoms with E-state index in [0.717, 1.165) is 22.5 Å². The van der Waals surface area contributed by atoms with Gasteiger partial charge in [-0.3, -0.25) is 0 Å². The van der Waals surface area contributed by atoms with Gasteiger partial charge in [0.25, 0.3) is 0 Å². The summed E-state index contributed by atoms with van der Waals surface area (Å²) in [5.74, 6) is 1.85. The van der Waals surface area contributed by atoms with Gasteiger partial charge >= 0.3 is 0 Å². The number of aromatic nitrogens is 1. The summed E-state index contributed by atoms with van der Waals surface area (Å²) in [6, 6.07) is 39.2. The smallest absolute Gasteiger partial charge is 0.133 e. The van der Waals surface area contributed by atoms with Crippen LogP contribution in [0.15, 0.2) is 109 Å². The summed E-state index contributed by atoms with van der Waals surface area (Å²) in [4.78, 5) is 3.65. The molecule has 1 aromatic heterocycles. The Morgan fingerprint density at radius 1 is 0.485 bits per heavy atom. The van der Waals surface area contributed by atoms with Gasteiger partial charge in [-0.25, -0.2) is 0 Å². The third kappa shape index (κ3) is 2.00. The number of fused-ring (bicyclic) bond motifs is 12. The summed E-state index contributed by atoms with van der Waals surface area (Å²) in [7, 11) is 0. The topological polar surface area (TPSA) is 25.0 Å². The number of hydrogen-bond acceptors (Lipinski definition) is 1. The van der Waals surface area contributed by atoms with Crippen LogP contribution in [-0.4, -0.2) is 4.98 Å². The summed E-state index contributed by atoms with van der Waals surface area (Å²) in [6.45, 7) is 0. The monoisotopic (exact) mass is 421 g/mol. The van der Waals surface area contributed by atoms with Crippen molar-refractivity contribution in [3.63, 3.8) is 0 Å². The van der Waals surface area contributed by atoms with Crippen molar-refractivity contribution in [2.45, 2.75) is 5.41 Å². The van der Waals surface area contributed by atoms with E-state index >= 15 is 0 Å². The van der Waals surface area contributed by atoms with Crippen LogP contribution in [0.4, 0.5) is 0 Å². The number of benzene rings is 5. The molecule has 2 aliphatic rings. The van der Waals surface area contributed by atoms with E-state index in [2.05, 4.69) is 114 Å². The van der Waals surface area contributed by atoms with Crippen LogP contribution in [-0.2, 0) is 5.41 Å². The molecule has 1 aliphatic heterocycles. The van der Waals surface area contributed by atoms with Crippen LogP contribution in [0.25, 0.3) is 32.9 Å². The first kappa shape index (κ1) is 17.3. The molecule has 0 radical (unpaired) electrons. The first-order valence-electron chi connectivity index (χ1n) is 11.4. The van der Waals surface area contributed by atoms with Crippen molar-refractivity contribution >= 4 is 21.8 Å². The van der Waals surface area contributed by atoms with Gasteiger partial charge in [0.05, 0.1) is 5.41 Å². The Hall–Kier alpha value is -4.30. The summed E-state index contributed by atoms with van der Waals surface area (Å²) >= 11 is 0. The number of hydrogen-bond donors (Lipinski definition) is 1. The minimum atomic E-state index is -0.414. The van der Waals surface area contributed by atoms with Crippen molar-refractivity contribution in [1.82, 2.24) is 4.98 Å². The second-order valence-electron chi connectivity index (χ2n) is 9.00. The van der Waals surface area contributed by atoms with Crippen LogP contribution in [0.5, 0.6) is 11.5 Å². The molecule has 5 aromatic carbocycles. The summed E-state index contributed by atoms with van der Waals surface area (Å²) in [5, 5.41) is 2.41. The van der Waals surface area contributed by atoms with E-state index in [-0.39, 0.29) is 0 Å². The first-order chi connectivity index (χ1) is 16.4. The molecule has 0 unspecified atom stereocenters. The molecule has 0 saturated carbocycles. The quantitative estimate of drug-likeness (QED) is 0.266. The highest BCUT2D eigenvalue weighted by Gasteiger charge is 2.51. The fourth-order valence-electron chi connectivity index (χ4n) is 6.20. The minimum Gasteiger partial charge on any atom is -0.457 e. The Bertz CT molecular complexity index is 1710. The Morgan fingerprint density at radius 3 is 1.91 bits per heavy atom. The lowest BCUT2D eigenvalue weighted by Gasteiger charge is -2.39. The van der Waals surface area contributed by atoms with Crippen molar-refractivity contribution in [3.05, 3.63) is 131 Å². The molecule has 0 atom stereocenters. The number of rotatable bonds is 0. The van der Waals surface area contributed by atoms with Gasteiger partial charge in [0, 0.05) is 32.9 Å². The highest BCUT2D eigenvalue weighted by Crippen LogP contribution is 2.62. The molecule has 0 amide bonds. The number of H-pyrrole nitrogens is 1. The fraction of sp³-hybridized carbons (Fsp3) is 0.0323. The molecule has 2 nitrogen and oxygen atoms in total. The van der Waals surface area contributed by atoms with Crippen molar-refractivity contribution < 1.29 is 4.74 Å². The highest BCUT2D eigenvalue weighted by molar-refractivity contribution is 6.08. The fourth-order valence-corrected chi connectivity index (χ4v) is 6.20. The molecule has 8 rings (SSSR count). The van der Waals surface area contributed by atoms with E-state index in [9.17, 15) is 0 Å². The summed E-state index contributed by atoms with van der Waals surface area (Å²) in [6.07, 6.45) is 0. The third-order valence-corrected chi connectivity index (χ3v) is 7.47. The average molecular weight is 421 g/mol. The Kier molecular flexibility index (Phi) is 3.11. The van der Waals surface area contributed by atoms with Crippen molar-refractivity contribution in [2.24, 2.45) is 0 Å². The normalized spacial score (nSPS) is 14.5. The molecular formula is C31H19NO. The number of ether oxygens (including phenoxy) is 1. The maximum atomic E-state index is 6.61. The molecule has 2 heteroatoms. The zero-order valence-corrected chi connectivity index (χ0v) is 17.8. The molecular weight excluding hydrogens is 402 g/mol. The van der Waals surface area contributed by atoms with Crippen molar-refractivity contribution in [1.29, 1.82) is 0 Å². The Labute approximate surface area is 191 Å². The van der Waals surface area contributed by atoms with Crippen LogP contribution >= 0.6 is 0 Å². The van der Waals surface area contributed by atoms with Gasteiger partial charge in [0.15, 0.2) is 0 Å². The number of aromatic amines is 1. The third-order valence-electron chi connectivity index (χ3n) is 7.47. The predicted molar refractivity (Wildman–Crippen MR) is 133 cm³/mol. The van der Waals surface area contributed by atoms with Crippen molar-refractivity contribution in [2.75, 3.05) is 0 Å².